The molecule has 0 aromatic heterocycles. The van der Waals surface area contributed by atoms with Crippen LogP contribution in [0, 0.1) is 12.8 Å². The van der Waals surface area contributed by atoms with Gasteiger partial charge in [0.1, 0.15) is 0 Å². The highest BCUT2D eigenvalue weighted by molar-refractivity contribution is 7.80. The number of amides is 1. The molecule has 1 saturated carbocycles. The van der Waals surface area contributed by atoms with Gasteiger partial charge in [0.2, 0.25) is 5.91 Å². The minimum absolute atomic E-state index is 0.0236. The standard InChI is InChI=1S/C22H32N4OS/c1-15(2)13-19-20(27)26(18-7-8-18)22(24-19)9-11-25(12-10-22)21(28)23-17-6-4-5-16(3)14-17/h4-6,14-15,18-19,24H,7-13H2,1-3H3,(H,23,28)/t19-/m1/s1. The number of thiocarbonyl (C=S) groups is 1. The minimum Gasteiger partial charge on any atom is -0.349 e. The fourth-order valence-corrected chi connectivity index (χ4v) is 5.02. The van der Waals surface area contributed by atoms with E-state index in [2.05, 4.69) is 53.3 Å². The molecule has 28 heavy (non-hydrogen) atoms. The Bertz CT molecular complexity index is 753. The first-order chi connectivity index (χ1) is 13.4. The van der Waals surface area contributed by atoms with Gasteiger partial charge in [-0.05, 0) is 62.0 Å². The van der Waals surface area contributed by atoms with Crippen LogP contribution in [-0.4, -0.2) is 51.7 Å². The van der Waals surface area contributed by atoms with Gasteiger partial charge in [-0.3, -0.25) is 10.1 Å². The number of nitrogens with one attached hydrogen (secondary N) is 2. The summed E-state index contributed by atoms with van der Waals surface area (Å²) in [5, 5.41) is 7.92. The molecule has 2 aliphatic heterocycles. The lowest BCUT2D eigenvalue weighted by molar-refractivity contribution is -0.134. The van der Waals surface area contributed by atoms with Crippen LogP contribution in [0.1, 0.15) is 51.5 Å². The summed E-state index contributed by atoms with van der Waals surface area (Å²) < 4.78 is 0. The molecule has 0 unspecified atom stereocenters. The number of carbonyl (C=O) groups is 1. The number of nitrogens with zero attached hydrogens (tertiary/aromatic N) is 2. The first-order valence-electron chi connectivity index (χ1n) is 10.6. The molecule has 6 heteroatoms. The molecule has 2 heterocycles. The molecule has 1 spiro atoms. The van der Waals surface area contributed by atoms with Gasteiger partial charge >= 0.3 is 0 Å². The Morgan fingerprint density at radius 3 is 2.64 bits per heavy atom. The summed E-state index contributed by atoms with van der Waals surface area (Å²) in [5.41, 5.74) is 2.08. The smallest absolute Gasteiger partial charge is 0.241 e. The first kappa shape index (κ1) is 19.6. The number of piperidine rings is 1. The molecule has 2 saturated heterocycles. The molecule has 152 valence electrons. The quantitative estimate of drug-likeness (QED) is 0.758. The summed E-state index contributed by atoms with van der Waals surface area (Å²) in [7, 11) is 0. The molecule has 3 aliphatic rings. The molecule has 0 radical (unpaired) electrons. The van der Waals surface area contributed by atoms with E-state index in [0.717, 1.165) is 56.0 Å². The fourth-order valence-electron chi connectivity index (χ4n) is 4.72. The van der Waals surface area contributed by atoms with Crippen molar-refractivity contribution < 1.29 is 4.79 Å². The van der Waals surface area contributed by atoms with E-state index in [9.17, 15) is 4.79 Å². The van der Waals surface area contributed by atoms with Crippen LogP contribution >= 0.6 is 12.2 Å². The fraction of sp³-hybridized carbons (Fsp3) is 0.636. The van der Waals surface area contributed by atoms with Gasteiger partial charge in [0.15, 0.2) is 5.11 Å². The Labute approximate surface area is 173 Å². The Morgan fingerprint density at radius 1 is 1.32 bits per heavy atom. The van der Waals surface area contributed by atoms with Crippen LogP contribution < -0.4 is 10.6 Å². The van der Waals surface area contributed by atoms with Gasteiger partial charge in [-0.15, -0.1) is 0 Å². The van der Waals surface area contributed by atoms with Crippen molar-refractivity contribution in [1.29, 1.82) is 0 Å². The van der Waals surface area contributed by atoms with Gasteiger partial charge in [-0.25, -0.2) is 0 Å². The van der Waals surface area contributed by atoms with E-state index >= 15 is 0 Å². The van der Waals surface area contributed by atoms with Gasteiger partial charge in [-0.2, -0.15) is 0 Å². The molecule has 1 aliphatic carbocycles. The molecule has 1 aromatic carbocycles. The Morgan fingerprint density at radius 2 is 2.04 bits per heavy atom. The largest absolute Gasteiger partial charge is 0.349 e. The number of aryl methyl sites for hydroxylation is 1. The van der Waals surface area contributed by atoms with Crippen molar-refractivity contribution in [2.24, 2.45) is 5.92 Å². The third-order valence-electron chi connectivity index (χ3n) is 6.21. The molecule has 3 fully saturated rings. The van der Waals surface area contributed by atoms with Crippen molar-refractivity contribution in [3.8, 4) is 0 Å². The van der Waals surface area contributed by atoms with Crippen molar-refractivity contribution in [2.75, 3.05) is 18.4 Å². The molecule has 5 nitrogen and oxygen atoms in total. The minimum atomic E-state index is -0.173. The molecule has 0 bridgehead atoms. The van der Waals surface area contributed by atoms with Gasteiger partial charge in [0.25, 0.3) is 0 Å². The maximum atomic E-state index is 13.1. The lowest BCUT2D eigenvalue weighted by atomic mass is 9.95. The number of anilines is 1. The SMILES string of the molecule is Cc1cccc(NC(=S)N2CCC3(CC2)N[C@H](CC(C)C)C(=O)N3C2CC2)c1. The van der Waals surface area contributed by atoms with E-state index in [4.69, 9.17) is 12.2 Å². The number of likely N-dealkylation sites (tertiary alicyclic amines) is 1. The number of rotatable bonds is 4. The van der Waals surface area contributed by atoms with Gasteiger partial charge in [-0.1, -0.05) is 26.0 Å². The molecular weight excluding hydrogens is 368 g/mol. The third kappa shape index (κ3) is 3.90. The van der Waals surface area contributed by atoms with Crippen molar-refractivity contribution in [2.45, 2.75) is 70.6 Å². The summed E-state index contributed by atoms with van der Waals surface area (Å²) in [6.07, 6.45) is 5.08. The maximum absolute atomic E-state index is 13.1. The van der Waals surface area contributed by atoms with Crippen molar-refractivity contribution in [3.05, 3.63) is 29.8 Å². The van der Waals surface area contributed by atoms with E-state index in [1.807, 2.05) is 12.1 Å². The molecule has 4 rings (SSSR count). The summed E-state index contributed by atoms with van der Waals surface area (Å²) >= 11 is 5.67. The zero-order chi connectivity index (χ0) is 19.9. The van der Waals surface area contributed by atoms with Crippen LogP contribution in [0.2, 0.25) is 0 Å². The van der Waals surface area contributed by atoms with Gasteiger partial charge < -0.3 is 15.1 Å². The highest BCUT2D eigenvalue weighted by atomic mass is 32.1. The number of carbonyl (C=O) groups excluding carboxylic acids is 1. The highest BCUT2D eigenvalue weighted by Gasteiger charge is 2.55. The average molecular weight is 401 g/mol. The Hall–Kier alpha value is -1.66. The molecule has 1 atom stereocenters. The molecule has 1 aromatic rings. The predicted molar refractivity (Wildman–Crippen MR) is 117 cm³/mol. The summed E-state index contributed by atoms with van der Waals surface area (Å²) in [4.78, 5) is 17.6. The summed E-state index contributed by atoms with van der Waals surface area (Å²) in [6.45, 7) is 8.21. The Balaban J connectivity index is 1.41. The van der Waals surface area contributed by atoms with Crippen molar-refractivity contribution in [1.82, 2.24) is 15.1 Å². The van der Waals surface area contributed by atoms with Crippen LogP contribution in [0.3, 0.4) is 0 Å². The van der Waals surface area contributed by atoms with Crippen molar-refractivity contribution in [3.63, 3.8) is 0 Å². The number of benzene rings is 1. The lowest BCUT2D eigenvalue weighted by Gasteiger charge is -2.45. The van der Waals surface area contributed by atoms with Crippen LogP contribution in [0.5, 0.6) is 0 Å². The number of hydrogen-bond donors (Lipinski definition) is 2. The van der Waals surface area contributed by atoms with E-state index in [1.165, 1.54) is 5.56 Å². The zero-order valence-corrected chi connectivity index (χ0v) is 18.0. The predicted octanol–water partition coefficient (Wildman–Crippen LogP) is 3.49. The van der Waals surface area contributed by atoms with Gasteiger partial charge in [0.05, 0.1) is 11.7 Å². The molecule has 2 N–H and O–H groups in total. The topological polar surface area (TPSA) is 47.6 Å². The average Bonchev–Trinajstić information content (AvgIpc) is 3.42. The van der Waals surface area contributed by atoms with Crippen LogP contribution in [-0.2, 0) is 4.79 Å². The third-order valence-corrected chi connectivity index (χ3v) is 6.57. The zero-order valence-electron chi connectivity index (χ0n) is 17.2. The summed E-state index contributed by atoms with van der Waals surface area (Å²) in [5.74, 6) is 0.842. The summed E-state index contributed by atoms with van der Waals surface area (Å²) in [6, 6.07) is 8.71. The van der Waals surface area contributed by atoms with E-state index < -0.39 is 0 Å². The lowest BCUT2D eigenvalue weighted by Crippen LogP contribution is -2.60. The van der Waals surface area contributed by atoms with Gasteiger partial charge in [0, 0.05) is 37.7 Å². The van der Waals surface area contributed by atoms with E-state index in [1.54, 1.807) is 0 Å². The first-order valence-corrected chi connectivity index (χ1v) is 11.0. The monoisotopic (exact) mass is 400 g/mol. The normalized spacial score (nSPS) is 24.3. The second-order valence-electron chi connectivity index (χ2n) is 9.08. The highest BCUT2D eigenvalue weighted by Crippen LogP contribution is 2.41. The second-order valence-corrected chi connectivity index (χ2v) is 9.47. The number of hydrogen-bond acceptors (Lipinski definition) is 3. The van der Waals surface area contributed by atoms with Crippen LogP contribution in [0.15, 0.2) is 24.3 Å². The van der Waals surface area contributed by atoms with E-state index in [0.29, 0.717) is 17.9 Å². The van der Waals surface area contributed by atoms with E-state index in [-0.39, 0.29) is 11.7 Å². The molecular formula is C22H32N4OS. The maximum Gasteiger partial charge on any atom is 0.241 e. The van der Waals surface area contributed by atoms with Crippen molar-refractivity contribution >= 4 is 28.9 Å². The molecule has 1 amide bonds. The Kier molecular flexibility index (Phi) is 5.36. The second kappa shape index (κ2) is 7.64. The van der Waals surface area contributed by atoms with Crippen LogP contribution in [0.25, 0.3) is 0 Å². The van der Waals surface area contributed by atoms with Crippen LogP contribution in [0.4, 0.5) is 5.69 Å².